The Bertz CT molecular complexity index is 1270. The Morgan fingerprint density at radius 2 is 1.41 bits per heavy atom. The van der Waals surface area contributed by atoms with Crippen LogP contribution in [0.4, 0.5) is 5.69 Å². The largest absolute Gasteiger partial charge is 0.326 e. The summed E-state index contributed by atoms with van der Waals surface area (Å²) in [5.41, 5.74) is 3.72. The molecule has 0 amide bonds. The van der Waals surface area contributed by atoms with Gasteiger partial charge in [0.15, 0.2) is 0 Å². The maximum absolute atomic E-state index is 6.36. The summed E-state index contributed by atoms with van der Waals surface area (Å²) in [5, 5.41) is 9.34. The van der Waals surface area contributed by atoms with Crippen molar-refractivity contribution in [2.24, 2.45) is 5.10 Å². The van der Waals surface area contributed by atoms with E-state index in [9.17, 15) is 0 Å². The summed E-state index contributed by atoms with van der Waals surface area (Å²) in [6.07, 6.45) is 5.51. The number of rotatable bonds is 4. The lowest BCUT2D eigenvalue weighted by Gasteiger charge is -2.29. The molecule has 0 saturated carbocycles. The number of halogens is 4. The van der Waals surface area contributed by atoms with Gasteiger partial charge >= 0.3 is 0 Å². The van der Waals surface area contributed by atoms with Gasteiger partial charge in [0.25, 0.3) is 0 Å². The second-order valence-corrected chi connectivity index (χ2v) is 9.07. The highest BCUT2D eigenvalue weighted by molar-refractivity contribution is 6.42. The molecule has 2 heterocycles. The second-order valence-electron chi connectivity index (χ2n) is 7.39. The zero-order valence-corrected chi connectivity index (χ0v) is 19.6. The van der Waals surface area contributed by atoms with Crippen LogP contribution >= 0.6 is 46.4 Å². The Labute approximate surface area is 205 Å². The summed E-state index contributed by atoms with van der Waals surface area (Å²) < 4.78 is 2.06. The standard InChI is InChI=1S/C24H16Cl4N4/c25-17-5-1-15(2-6-17)22-24(31-12-11-29-14-31)23(16-3-7-18(26)8-4-16)32(30-22)19-9-10-20(27)21(28)13-19/h1-14,23-24H. The molecule has 8 heteroatoms. The number of hydrogen-bond donors (Lipinski definition) is 0. The predicted octanol–water partition coefficient (Wildman–Crippen LogP) is 7.70. The number of anilines is 1. The van der Waals surface area contributed by atoms with Crippen molar-refractivity contribution < 1.29 is 0 Å². The van der Waals surface area contributed by atoms with Gasteiger partial charge in [-0.1, -0.05) is 70.7 Å². The summed E-state index contributed by atoms with van der Waals surface area (Å²) >= 11 is 24.9. The fraction of sp³-hybridized carbons (Fsp3) is 0.0833. The molecule has 0 fully saturated rings. The van der Waals surface area contributed by atoms with E-state index in [1.807, 2.05) is 71.9 Å². The van der Waals surface area contributed by atoms with Crippen molar-refractivity contribution in [2.75, 3.05) is 5.01 Å². The fourth-order valence-corrected chi connectivity index (χ4v) is 4.48. The van der Waals surface area contributed by atoms with Gasteiger partial charge < -0.3 is 4.57 Å². The second kappa shape index (κ2) is 8.80. The zero-order chi connectivity index (χ0) is 22.2. The van der Waals surface area contributed by atoms with Crippen molar-refractivity contribution in [1.29, 1.82) is 0 Å². The molecule has 1 aliphatic heterocycles. The van der Waals surface area contributed by atoms with Gasteiger partial charge in [0.2, 0.25) is 0 Å². The molecule has 0 saturated heterocycles. The molecule has 2 unspecified atom stereocenters. The van der Waals surface area contributed by atoms with E-state index in [0.717, 1.165) is 22.5 Å². The Hall–Kier alpha value is -2.50. The SMILES string of the molecule is Clc1ccc(C2=NN(c3ccc(Cl)c(Cl)c3)C(c3ccc(Cl)cc3)C2n2ccnc2)cc1. The molecule has 1 aliphatic rings. The highest BCUT2D eigenvalue weighted by Gasteiger charge is 2.41. The van der Waals surface area contributed by atoms with Gasteiger partial charge in [-0.25, -0.2) is 4.98 Å². The van der Waals surface area contributed by atoms with Crippen molar-refractivity contribution in [1.82, 2.24) is 9.55 Å². The number of imidazole rings is 1. The van der Waals surface area contributed by atoms with Crippen LogP contribution in [0.15, 0.2) is 90.6 Å². The molecular formula is C24H16Cl4N4. The molecule has 0 radical (unpaired) electrons. The molecule has 160 valence electrons. The van der Waals surface area contributed by atoms with E-state index in [1.54, 1.807) is 18.6 Å². The molecule has 0 N–H and O–H groups in total. The van der Waals surface area contributed by atoms with Crippen molar-refractivity contribution >= 4 is 57.8 Å². The highest BCUT2D eigenvalue weighted by atomic mass is 35.5. The normalized spacial score (nSPS) is 18.1. The number of aromatic nitrogens is 2. The average Bonchev–Trinajstić information content (AvgIpc) is 3.45. The van der Waals surface area contributed by atoms with Crippen LogP contribution in [-0.2, 0) is 0 Å². The van der Waals surface area contributed by atoms with E-state index in [2.05, 4.69) is 9.55 Å². The van der Waals surface area contributed by atoms with Crippen molar-refractivity contribution in [3.8, 4) is 0 Å². The monoisotopic (exact) mass is 500 g/mol. The zero-order valence-electron chi connectivity index (χ0n) is 16.5. The third-order valence-corrected chi connectivity index (χ3v) is 6.67. The van der Waals surface area contributed by atoms with Crippen molar-refractivity contribution in [3.63, 3.8) is 0 Å². The minimum Gasteiger partial charge on any atom is -0.326 e. The van der Waals surface area contributed by atoms with E-state index in [-0.39, 0.29) is 12.1 Å². The molecule has 4 nitrogen and oxygen atoms in total. The van der Waals surface area contributed by atoms with Gasteiger partial charge in [-0.05, 0) is 48.0 Å². The maximum atomic E-state index is 6.36. The number of hydrogen-bond acceptors (Lipinski definition) is 3. The first-order valence-corrected chi connectivity index (χ1v) is 11.3. The minimum atomic E-state index is -0.176. The Kier molecular flexibility index (Phi) is 5.87. The molecular weight excluding hydrogens is 486 g/mol. The van der Waals surface area contributed by atoms with Gasteiger partial charge in [-0.15, -0.1) is 0 Å². The van der Waals surface area contributed by atoms with E-state index in [0.29, 0.717) is 20.1 Å². The fourth-order valence-electron chi connectivity index (χ4n) is 3.94. The van der Waals surface area contributed by atoms with Gasteiger partial charge in [0.1, 0.15) is 12.1 Å². The number of benzene rings is 3. The van der Waals surface area contributed by atoms with E-state index in [1.165, 1.54) is 0 Å². The average molecular weight is 502 g/mol. The van der Waals surface area contributed by atoms with E-state index in [4.69, 9.17) is 51.5 Å². The first-order valence-electron chi connectivity index (χ1n) is 9.83. The molecule has 4 aromatic rings. The number of nitrogens with zero attached hydrogens (tertiary/aromatic N) is 4. The lowest BCUT2D eigenvalue weighted by atomic mass is 9.92. The maximum Gasteiger partial charge on any atom is 0.106 e. The van der Waals surface area contributed by atoms with Crippen LogP contribution in [0.25, 0.3) is 0 Å². The Balaban J connectivity index is 1.71. The molecule has 0 aliphatic carbocycles. The first-order chi connectivity index (χ1) is 15.5. The van der Waals surface area contributed by atoms with Gasteiger partial charge in [0.05, 0.1) is 27.8 Å². The molecule has 1 aromatic heterocycles. The molecule has 32 heavy (non-hydrogen) atoms. The van der Waals surface area contributed by atoms with Gasteiger partial charge in [-0.2, -0.15) is 5.10 Å². The van der Waals surface area contributed by atoms with Crippen LogP contribution in [0.3, 0.4) is 0 Å². The molecule has 3 aromatic carbocycles. The van der Waals surface area contributed by atoms with E-state index < -0.39 is 0 Å². The Morgan fingerprint density at radius 1 is 0.719 bits per heavy atom. The quantitative estimate of drug-likeness (QED) is 0.287. The molecule has 5 rings (SSSR count). The van der Waals surface area contributed by atoms with Crippen molar-refractivity contribution in [3.05, 3.63) is 117 Å². The van der Waals surface area contributed by atoms with Crippen molar-refractivity contribution in [2.45, 2.75) is 12.1 Å². The third-order valence-electron chi connectivity index (χ3n) is 5.42. The summed E-state index contributed by atoms with van der Waals surface area (Å²) in [7, 11) is 0. The summed E-state index contributed by atoms with van der Waals surface area (Å²) in [5.74, 6) is 0. The van der Waals surface area contributed by atoms with E-state index >= 15 is 0 Å². The predicted molar refractivity (Wildman–Crippen MR) is 132 cm³/mol. The first kappa shape index (κ1) is 21.4. The number of hydrazone groups is 1. The minimum absolute atomic E-state index is 0.158. The lowest BCUT2D eigenvalue weighted by molar-refractivity contribution is 0.527. The smallest absolute Gasteiger partial charge is 0.106 e. The van der Waals surface area contributed by atoms with Gasteiger partial charge in [-0.3, -0.25) is 5.01 Å². The molecule has 0 bridgehead atoms. The summed E-state index contributed by atoms with van der Waals surface area (Å²) in [4.78, 5) is 4.28. The van der Waals surface area contributed by atoms with Crippen LogP contribution in [0.1, 0.15) is 23.2 Å². The highest BCUT2D eigenvalue weighted by Crippen LogP contribution is 2.44. The third kappa shape index (κ3) is 4.00. The van der Waals surface area contributed by atoms with Crippen LogP contribution in [0.2, 0.25) is 20.1 Å². The van der Waals surface area contributed by atoms with Crippen LogP contribution in [-0.4, -0.2) is 15.3 Å². The summed E-state index contributed by atoms with van der Waals surface area (Å²) in [6, 6.07) is 20.7. The summed E-state index contributed by atoms with van der Waals surface area (Å²) in [6.45, 7) is 0. The van der Waals surface area contributed by atoms with Crippen LogP contribution in [0.5, 0.6) is 0 Å². The molecule has 0 spiro atoms. The molecule has 2 atom stereocenters. The lowest BCUT2D eigenvalue weighted by Crippen LogP contribution is -2.28. The van der Waals surface area contributed by atoms with Gasteiger partial charge in [0, 0.05) is 28.0 Å². The Morgan fingerprint density at radius 3 is 2.03 bits per heavy atom. The van der Waals surface area contributed by atoms with Crippen LogP contribution < -0.4 is 5.01 Å². The topological polar surface area (TPSA) is 33.4 Å². The van der Waals surface area contributed by atoms with Crippen LogP contribution in [0, 0.1) is 0 Å².